The van der Waals surface area contributed by atoms with Crippen LogP contribution in [0.3, 0.4) is 0 Å². The predicted molar refractivity (Wildman–Crippen MR) is 125 cm³/mol. The summed E-state index contributed by atoms with van der Waals surface area (Å²) in [5.74, 6) is 1.12. The summed E-state index contributed by atoms with van der Waals surface area (Å²) in [4.78, 5) is 27.7. The Labute approximate surface area is 198 Å². The number of methoxy groups -OCH3 is 1. The van der Waals surface area contributed by atoms with E-state index in [1.807, 2.05) is 6.07 Å². The number of ether oxygens (including phenoxy) is 2. The Morgan fingerprint density at radius 1 is 0.875 bits per heavy atom. The fourth-order valence-corrected chi connectivity index (χ4v) is 4.79. The summed E-state index contributed by atoms with van der Waals surface area (Å²) in [6, 6.07) is 10.3. The molecular formula is C25H27Cl2NO4. The molecule has 0 unspecified atom stereocenters. The van der Waals surface area contributed by atoms with E-state index in [1.165, 1.54) is 12.8 Å². The van der Waals surface area contributed by atoms with E-state index in [1.54, 1.807) is 42.3 Å². The zero-order valence-electron chi connectivity index (χ0n) is 18.1. The fourth-order valence-electron chi connectivity index (χ4n) is 4.50. The number of hydrogen-bond acceptors (Lipinski definition) is 4. The van der Waals surface area contributed by atoms with E-state index < -0.39 is 0 Å². The molecule has 0 aromatic heterocycles. The van der Waals surface area contributed by atoms with Gasteiger partial charge in [-0.2, -0.15) is 0 Å². The van der Waals surface area contributed by atoms with E-state index >= 15 is 0 Å². The van der Waals surface area contributed by atoms with Crippen molar-refractivity contribution in [2.24, 2.45) is 5.92 Å². The van der Waals surface area contributed by atoms with Crippen LogP contribution in [0.4, 0.5) is 0 Å². The van der Waals surface area contributed by atoms with Crippen molar-refractivity contribution in [2.75, 3.05) is 20.2 Å². The smallest absolute Gasteiger partial charge is 0.253 e. The maximum absolute atomic E-state index is 13.1. The number of likely N-dealkylation sites (tertiary alicyclic amines) is 1. The zero-order valence-corrected chi connectivity index (χ0v) is 19.6. The molecule has 1 saturated carbocycles. The van der Waals surface area contributed by atoms with Crippen LogP contribution < -0.4 is 9.47 Å². The van der Waals surface area contributed by atoms with Crippen molar-refractivity contribution in [2.45, 2.75) is 44.6 Å². The third-order valence-corrected chi connectivity index (χ3v) is 7.10. The molecule has 1 saturated heterocycles. The quantitative estimate of drug-likeness (QED) is 0.476. The predicted octanol–water partition coefficient (Wildman–Crippen LogP) is 6.06. The van der Waals surface area contributed by atoms with E-state index in [0.717, 1.165) is 12.8 Å². The second-order valence-corrected chi connectivity index (χ2v) is 9.26. The maximum atomic E-state index is 13.1. The zero-order chi connectivity index (χ0) is 22.7. The van der Waals surface area contributed by atoms with Gasteiger partial charge in [-0.25, -0.2) is 0 Å². The summed E-state index contributed by atoms with van der Waals surface area (Å²) < 4.78 is 11.6. The highest BCUT2D eigenvalue weighted by Gasteiger charge is 2.29. The maximum Gasteiger partial charge on any atom is 0.253 e. The van der Waals surface area contributed by atoms with Crippen LogP contribution >= 0.6 is 23.2 Å². The Hall–Kier alpha value is -2.24. The van der Waals surface area contributed by atoms with Crippen LogP contribution in [-0.4, -0.2) is 42.9 Å². The van der Waals surface area contributed by atoms with Gasteiger partial charge in [-0.15, -0.1) is 0 Å². The highest BCUT2D eigenvalue weighted by atomic mass is 35.5. The van der Waals surface area contributed by atoms with Gasteiger partial charge in [0.05, 0.1) is 23.3 Å². The van der Waals surface area contributed by atoms with Crippen molar-refractivity contribution in [3.05, 3.63) is 57.6 Å². The summed E-state index contributed by atoms with van der Waals surface area (Å²) in [6.07, 6.45) is 5.94. The molecule has 5 nitrogen and oxygen atoms in total. The molecule has 1 amide bonds. The van der Waals surface area contributed by atoms with E-state index in [0.29, 0.717) is 58.6 Å². The van der Waals surface area contributed by atoms with Crippen molar-refractivity contribution in [3.8, 4) is 11.5 Å². The number of halogens is 2. The number of nitrogens with zero attached hydrogens (tertiary/aromatic N) is 1. The number of piperidine rings is 1. The minimum Gasteiger partial charge on any atom is -0.493 e. The first-order chi connectivity index (χ1) is 15.5. The normalized spacial score (nSPS) is 17.4. The van der Waals surface area contributed by atoms with E-state index in [4.69, 9.17) is 32.7 Å². The summed E-state index contributed by atoms with van der Waals surface area (Å²) in [7, 11) is 1.59. The van der Waals surface area contributed by atoms with Crippen molar-refractivity contribution in [1.29, 1.82) is 0 Å². The molecule has 2 aromatic carbocycles. The van der Waals surface area contributed by atoms with Gasteiger partial charge in [0, 0.05) is 30.1 Å². The lowest BCUT2D eigenvalue weighted by atomic mass is 9.88. The van der Waals surface area contributed by atoms with Gasteiger partial charge in [0.15, 0.2) is 17.3 Å². The van der Waals surface area contributed by atoms with Gasteiger partial charge in [-0.05, 0) is 74.9 Å². The number of benzene rings is 2. The molecule has 2 fully saturated rings. The number of Topliss-reactive ketones (excluding diaryl/α,β-unsaturated/α-hetero) is 1. The van der Waals surface area contributed by atoms with Crippen LogP contribution in [0.5, 0.6) is 11.5 Å². The van der Waals surface area contributed by atoms with Crippen LogP contribution in [0, 0.1) is 5.92 Å². The standard InChI is InChI=1S/C25H27Cl2NO4/c1-31-23-15-18(7-9-22(23)32-19-4-2-3-5-19)25(30)28-12-10-16(11-13-28)24(29)17-6-8-20(26)21(27)14-17/h6-9,14-16,19H,2-5,10-13H2,1H3. The lowest BCUT2D eigenvalue weighted by molar-refractivity contribution is 0.0650. The largest absolute Gasteiger partial charge is 0.493 e. The van der Waals surface area contributed by atoms with Crippen molar-refractivity contribution >= 4 is 34.9 Å². The lowest BCUT2D eigenvalue weighted by Gasteiger charge is -2.31. The number of amides is 1. The van der Waals surface area contributed by atoms with Gasteiger partial charge in [-0.3, -0.25) is 9.59 Å². The van der Waals surface area contributed by atoms with E-state index in [9.17, 15) is 9.59 Å². The Morgan fingerprint density at radius 3 is 2.22 bits per heavy atom. The Kier molecular flexibility index (Phi) is 7.27. The van der Waals surface area contributed by atoms with Crippen LogP contribution in [0.25, 0.3) is 0 Å². The van der Waals surface area contributed by atoms with Crippen molar-refractivity contribution < 1.29 is 19.1 Å². The van der Waals surface area contributed by atoms with Crippen LogP contribution in [-0.2, 0) is 0 Å². The number of hydrogen-bond donors (Lipinski definition) is 0. The Morgan fingerprint density at radius 2 is 1.56 bits per heavy atom. The van der Waals surface area contributed by atoms with Gasteiger partial charge in [0.2, 0.25) is 0 Å². The first-order valence-corrected chi connectivity index (χ1v) is 11.8. The molecule has 1 aliphatic carbocycles. The second-order valence-electron chi connectivity index (χ2n) is 8.45. The van der Waals surface area contributed by atoms with Crippen LogP contribution in [0.2, 0.25) is 10.0 Å². The van der Waals surface area contributed by atoms with E-state index in [2.05, 4.69) is 0 Å². The molecular weight excluding hydrogens is 449 g/mol. The molecule has 0 radical (unpaired) electrons. The Bertz CT molecular complexity index is 995. The summed E-state index contributed by atoms with van der Waals surface area (Å²) in [6.45, 7) is 1.05. The number of carbonyl (C=O) groups excluding carboxylic acids is 2. The SMILES string of the molecule is COc1cc(C(=O)N2CCC(C(=O)c3ccc(Cl)c(Cl)c3)CC2)ccc1OC1CCCC1. The van der Waals surface area contributed by atoms with E-state index in [-0.39, 0.29) is 23.7 Å². The average Bonchev–Trinajstić information content (AvgIpc) is 3.33. The molecule has 170 valence electrons. The average molecular weight is 476 g/mol. The van der Waals surface area contributed by atoms with Gasteiger partial charge >= 0.3 is 0 Å². The van der Waals surface area contributed by atoms with Gasteiger partial charge in [-0.1, -0.05) is 23.2 Å². The molecule has 0 N–H and O–H groups in total. The molecule has 2 aromatic rings. The third-order valence-electron chi connectivity index (χ3n) is 6.36. The van der Waals surface area contributed by atoms with Crippen LogP contribution in [0.1, 0.15) is 59.2 Å². The molecule has 0 atom stereocenters. The molecule has 2 aliphatic rings. The van der Waals surface area contributed by atoms with Gasteiger partial charge in [0.1, 0.15) is 0 Å². The Balaban J connectivity index is 1.38. The highest BCUT2D eigenvalue weighted by molar-refractivity contribution is 6.42. The van der Waals surface area contributed by atoms with Crippen molar-refractivity contribution in [1.82, 2.24) is 4.90 Å². The molecule has 7 heteroatoms. The minimum absolute atomic E-state index is 0.0470. The summed E-state index contributed by atoms with van der Waals surface area (Å²) >= 11 is 12.0. The first kappa shape index (κ1) is 22.9. The monoisotopic (exact) mass is 475 g/mol. The number of carbonyl (C=O) groups is 2. The second kappa shape index (κ2) is 10.1. The van der Waals surface area contributed by atoms with Gasteiger partial charge in [0.25, 0.3) is 5.91 Å². The van der Waals surface area contributed by atoms with Crippen LogP contribution in [0.15, 0.2) is 36.4 Å². The van der Waals surface area contributed by atoms with Crippen molar-refractivity contribution in [3.63, 3.8) is 0 Å². The summed E-state index contributed by atoms with van der Waals surface area (Å²) in [5, 5.41) is 0.804. The summed E-state index contributed by atoms with van der Waals surface area (Å²) in [5.41, 5.74) is 1.13. The lowest BCUT2D eigenvalue weighted by Crippen LogP contribution is -2.40. The molecule has 0 bridgehead atoms. The molecule has 1 heterocycles. The minimum atomic E-state index is -0.131. The number of ketones is 1. The molecule has 1 aliphatic heterocycles. The third kappa shape index (κ3) is 5.05. The number of rotatable bonds is 6. The molecule has 0 spiro atoms. The topological polar surface area (TPSA) is 55.8 Å². The molecule has 4 rings (SSSR count). The first-order valence-electron chi connectivity index (χ1n) is 11.1. The van der Waals surface area contributed by atoms with Gasteiger partial charge < -0.3 is 14.4 Å². The molecule has 32 heavy (non-hydrogen) atoms. The fraction of sp³-hybridized carbons (Fsp3) is 0.440. The highest BCUT2D eigenvalue weighted by Crippen LogP contribution is 2.33.